The Hall–Kier alpha value is -0.570. The molecule has 0 spiro atoms. The van der Waals surface area contributed by atoms with Gasteiger partial charge in [-0.05, 0) is 12.1 Å². The molecule has 98 valence electrons. The first kappa shape index (κ1) is 15.5. The lowest BCUT2D eigenvalue weighted by atomic mass is 9.87. The number of carbonyl (C=O) groups is 2. The van der Waals surface area contributed by atoms with Crippen LogP contribution in [0, 0.1) is 5.41 Å². The molecule has 1 aromatic rings. The zero-order valence-electron chi connectivity index (χ0n) is 10.3. The lowest BCUT2D eigenvalue weighted by molar-refractivity contribution is -0.125. The lowest BCUT2D eigenvalue weighted by Gasteiger charge is -2.16. The summed E-state index contributed by atoms with van der Waals surface area (Å²) in [6.07, 6.45) is -0.218. The summed E-state index contributed by atoms with van der Waals surface area (Å²) in [7, 11) is 0. The van der Waals surface area contributed by atoms with Gasteiger partial charge in [0.05, 0.1) is 22.0 Å². The first-order valence-electron chi connectivity index (χ1n) is 5.34. The Morgan fingerprint density at radius 1 is 1.06 bits per heavy atom. The second-order valence-corrected chi connectivity index (χ2v) is 6.27. The zero-order chi connectivity index (χ0) is 14.1. The van der Waals surface area contributed by atoms with Crippen LogP contribution in [0.3, 0.4) is 0 Å². The van der Waals surface area contributed by atoms with Gasteiger partial charge >= 0.3 is 0 Å². The van der Waals surface area contributed by atoms with Crippen LogP contribution in [0.15, 0.2) is 12.1 Å². The van der Waals surface area contributed by atoms with Crippen molar-refractivity contribution in [1.29, 1.82) is 0 Å². The van der Waals surface area contributed by atoms with Crippen LogP contribution in [0.25, 0.3) is 0 Å². The van der Waals surface area contributed by atoms with Gasteiger partial charge in [0.25, 0.3) is 0 Å². The molecule has 0 aliphatic carbocycles. The van der Waals surface area contributed by atoms with Crippen molar-refractivity contribution >= 4 is 46.4 Å². The number of benzene rings is 1. The second kappa shape index (κ2) is 5.60. The molecule has 0 amide bonds. The fraction of sp³-hybridized carbons (Fsp3) is 0.385. The fourth-order valence-corrected chi connectivity index (χ4v) is 2.34. The molecule has 0 unspecified atom stereocenters. The van der Waals surface area contributed by atoms with Crippen LogP contribution in [0.1, 0.15) is 37.6 Å². The van der Waals surface area contributed by atoms with E-state index in [1.165, 1.54) is 12.1 Å². The van der Waals surface area contributed by atoms with E-state index in [0.717, 1.165) is 0 Å². The minimum absolute atomic E-state index is 0.153. The van der Waals surface area contributed by atoms with Gasteiger partial charge in [0.1, 0.15) is 5.78 Å². The molecule has 1 aromatic carbocycles. The van der Waals surface area contributed by atoms with E-state index in [1.54, 1.807) is 20.8 Å². The first-order chi connectivity index (χ1) is 8.12. The second-order valence-electron chi connectivity index (χ2n) is 5.02. The number of rotatable bonds is 3. The van der Waals surface area contributed by atoms with Crippen molar-refractivity contribution in [1.82, 2.24) is 0 Å². The highest BCUT2D eigenvalue weighted by molar-refractivity contribution is 6.42. The minimum atomic E-state index is -0.568. The van der Waals surface area contributed by atoms with Gasteiger partial charge in [-0.15, -0.1) is 0 Å². The van der Waals surface area contributed by atoms with Crippen molar-refractivity contribution in [3.63, 3.8) is 0 Å². The van der Waals surface area contributed by atoms with Crippen LogP contribution in [-0.2, 0) is 4.79 Å². The van der Waals surface area contributed by atoms with Crippen molar-refractivity contribution < 1.29 is 9.59 Å². The highest BCUT2D eigenvalue weighted by Crippen LogP contribution is 2.30. The van der Waals surface area contributed by atoms with Gasteiger partial charge in [-0.3, -0.25) is 9.59 Å². The molecule has 0 atom stereocenters. The van der Waals surface area contributed by atoms with Crippen LogP contribution in [0.4, 0.5) is 0 Å². The van der Waals surface area contributed by atoms with Crippen molar-refractivity contribution in [2.24, 2.45) is 5.41 Å². The summed E-state index contributed by atoms with van der Waals surface area (Å²) in [5.41, 5.74) is -0.415. The monoisotopic (exact) mass is 306 g/mol. The average molecular weight is 308 g/mol. The van der Waals surface area contributed by atoms with E-state index in [9.17, 15) is 9.59 Å². The third kappa shape index (κ3) is 3.71. The molecule has 18 heavy (non-hydrogen) atoms. The lowest BCUT2D eigenvalue weighted by Crippen LogP contribution is -2.23. The molecule has 0 aromatic heterocycles. The third-order valence-electron chi connectivity index (χ3n) is 2.44. The van der Waals surface area contributed by atoms with E-state index in [-0.39, 0.29) is 33.6 Å². The van der Waals surface area contributed by atoms with Gasteiger partial charge in [-0.1, -0.05) is 55.6 Å². The Morgan fingerprint density at radius 2 is 1.50 bits per heavy atom. The molecule has 1 rings (SSSR count). The van der Waals surface area contributed by atoms with Gasteiger partial charge in [0.15, 0.2) is 5.78 Å². The maximum absolute atomic E-state index is 12.0. The van der Waals surface area contributed by atoms with Crippen LogP contribution in [-0.4, -0.2) is 11.6 Å². The van der Waals surface area contributed by atoms with Crippen LogP contribution in [0.2, 0.25) is 15.1 Å². The summed E-state index contributed by atoms with van der Waals surface area (Å²) in [4.78, 5) is 23.8. The Bertz CT molecular complexity index is 478. The summed E-state index contributed by atoms with van der Waals surface area (Å²) < 4.78 is 0. The molecule has 0 aliphatic heterocycles. The molecule has 2 nitrogen and oxygen atoms in total. The van der Waals surface area contributed by atoms with E-state index < -0.39 is 5.41 Å². The molecule has 5 heteroatoms. The predicted octanol–water partition coefficient (Wildman–Crippen LogP) is 4.83. The summed E-state index contributed by atoms with van der Waals surface area (Å²) in [5.74, 6) is -0.545. The number of halogens is 3. The smallest absolute Gasteiger partial charge is 0.173 e. The van der Waals surface area contributed by atoms with Gasteiger partial charge in [0.2, 0.25) is 0 Å². The molecule has 0 saturated heterocycles. The van der Waals surface area contributed by atoms with E-state index >= 15 is 0 Å². The number of Topliss-reactive ketones (excluding diaryl/α,β-unsaturated/α-hetero) is 2. The standard InChI is InChI=1S/C13H13Cl3O2/c1-13(2,3)11(18)6-10(17)12-8(15)4-7(14)5-9(12)16/h4-5H,6H2,1-3H3. The highest BCUT2D eigenvalue weighted by atomic mass is 35.5. The summed E-state index contributed by atoms with van der Waals surface area (Å²) in [5, 5.41) is 0.683. The van der Waals surface area contributed by atoms with Crippen molar-refractivity contribution in [2.75, 3.05) is 0 Å². The summed E-state index contributed by atoms with van der Waals surface area (Å²) in [6, 6.07) is 2.87. The largest absolute Gasteiger partial charge is 0.299 e. The molecule has 0 fully saturated rings. The Balaban J connectivity index is 3.03. The van der Waals surface area contributed by atoms with E-state index in [4.69, 9.17) is 34.8 Å². The molecular formula is C13H13Cl3O2. The van der Waals surface area contributed by atoms with Gasteiger partial charge in [-0.25, -0.2) is 0 Å². The number of hydrogen-bond acceptors (Lipinski definition) is 2. The van der Waals surface area contributed by atoms with Crippen LogP contribution in [0.5, 0.6) is 0 Å². The number of ketones is 2. The van der Waals surface area contributed by atoms with Gasteiger partial charge in [-0.2, -0.15) is 0 Å². The number of hydrogen-bond donors (Lipinski definition) is 0. The van der Waals surface area contributed by atoms with Crippen molar-refractivity contribution in [2.45, 2.75) is 27.2 Å². The van der Waals surface area contributed by atoms with Gasteiger partial charge in [0, 0.05) is 10.4 Å². The van der Waals surface area contributed by atoms with Crippen LogP contribution < -0.4 is 0 Å². The fourth-order valence-electron chi connectivity index (χ4n) is 1.31. The molecular weight excluding hydrogens is 294 g/mol. The zero-order valence-corrected chi connectivity index (χ0v) is 12.6. The highest BCUT2D eigenvalue weighted by Gasteiger charge is 2.26. The van der Waals surface area contributed by atoms with Crippen LogP contribution >= 0.6 is 34.8 Å². The average Bonchev–Trinajstić information content (AvgIpc) is 2.13. The molecule has 0 bridgehead atoms. The topological polar surface area (TPSA) is 34.1 Å². The minimum Gasteiger partial charge on any atom is -0.299 e. The Morgan fingerprint density at radius 3 is 1.89 bits per heavy atom. The van der Waals surface area contributed by atoms with E-state index in [2.05, 4.69) is 0 Å². The predicted molar refractivity (Wildman–Crippen MR) is 74.9 cm³/mol. The maximum atomic E-state index is 12.0. The van der Waals surface area contributed by atoms with Gasteiger partial charge < -0.3 is 0 Å². The van der Waals surface area contributed by atoms with E-state index in [1.807, 2.05) is 0 Å². The normalized spacial score (nSPS) is 11.4. The molecule has 0 aliphatic rings. The quantitative estimate of drug-likeness (QED) is 0.592. The SMILES string of the molecule is CC(C)(C)C(=O)CC(=O)c1c(Cl)cc(Cl)cc1Cl. The summed E-state index contributed by atoms with van der Waals surface area (Å²) in [6.45, 7) is 5.27. The van der Waals surface area contributed by atoms with Crippen molar-refractivity contribution in [3.8, 4) is 0 Å². The molecule has 0 heterocycles. The molecule has 0 radical (unpaired) electrons. The Labute approximate surface area is 121 Å². The first-order valence-corrected chi connectivity index (χ1v) is 6.47. The van der Waals surface area contributed by atoms with E-state index in [0.29, 0.717) is 5.02 Å². The maximum Gasteiger partial charge on any atom is 0.173 e. The van der Waals surface area contributed by atoms with Crippen molar-refractivity contribution in [3.05, 3.63) is 32.8 Å². The summed E-state index contributed by atoms with van der Waals surface area (Å²) >= 11 is 17.6. The number of carbonyl (C=O) groups excluding carboxylic acids is 2. The Kier molecular flexibility index (Phi) is 4.82. The molecule has 0 N–H and O–H groups in total. The molecule has 0 saturated carbocycles. The third-order valence-corrected chi connectivity index (χ3v) is 3.26.